The number of rotatable bonds is 4. The minimum Gasteiger partial charge on any atom is -0.481 e. The minimum atomic E-state index is -1.04. The van der Waals surface area contributed by atoms with Gasteiger partial charge in [-0.1, -0.05) is 11.8 Å². The zero-order valence-electron chi connectivity index (χ0n) is 9.50. The number of nitrogens with zero attached hydrogens (tertiary/aromatic N) is 1. The van der Waals surface area contributed by atoms with Gasteiger partial charge in [0.15, 0.2) is 0 Å². The lowest BCUT2D eigenvalue weighted by Crippen LogP contribution is -2.26. The van der Waals surface area contributed by atoms with Crippen LogP contribution in [-0.2, 0) is 19.1 Å². The fraction of sp³-hybridized carbons (Fsp3) is 0.500. The van der Waals surface area contributed by atoms with Gasteiger partial charge in [0.25, 0.3) is 0 Å². The lowest BCUT2D eigenvalue weighted by atomic mass is 10.3. The second-order valence-corrected chi connectivity index (χ2v) is 4.56. The fourth-order valence-corrected chi connectivity index (χ4v) is 2.49. The summed E-state index contributed by atoms with van der Waals surface area (Å²) in [7, 11) is 1.50. The van der Waals surface area contributed by atoms with Crippen LogP contribution in [0.1, 0.15) is 13.3 Å². The Labute approximate surface area is 103 Å². The number of amides is 1. The molecule has 1 aliphatic rings. The van der Waals surface area contributed by atoms with E-state index in [1.54, 1.807) is 6.92 Å². The average molecular weight is 259 g/mol. The molecule has 17 heavy (non-hydrogen) atoms. The van der Waals surface area contributed by atoms with Crippen LogP contribution in [-0.4, -0.2) is 46.8 Å². The van der Waals surface area contributed by atoms with Crippen LogP contribution in [0, 0.1) is 0 Å². The van der Waals surface area contributed by atoms with Crippen molar-refractivity contribution < 1.29 is 24.2 Å². The van der Waals surface area contributed by atoms with Gasteiger partial charge in [-0.2, -0.15) is 0 Å². The van der Waals surface area contributed by atoms with Crippen molar-refractivity contribution in [1.82, 2.24) is 4.90 Å². The number of carboxylic acid groups (broad SMARTS) is 1. The van der Waals surface area contributed by atoms with Crippen LogP contribution in [0.15, 0.2) is 11.1 Å². The first kappa shape index (κ1) is 13.6. The van der Waals surface area contributed by atoms with E-state index in [0.717, 1.165) is 11.8 Å². The molecule has 94 valence electrons. The summed E-state index contributed by atoms with van der Waals surface area (Å²) in [5.74, 6) is -1.89. The largest absolute Gasteiger partial charge is 0.481 e. The van der Waals surface area contributed by atoms with E-state index in [4.69, 9.17) is 9.84 Å². The molecule has 0 bridgehead atoms. The SMILES string of the molecule is CCOC(=O)/C=C1\SC(CC(=O)O)C(=O)N1C. The maximum Gasteiger partial charge on any atom is 0.333 e. The zero-order valence-corrected chi connectivity index (χ0v) is 10.3. The average Bonchev–Trinajstić information content (AvgIpc) is 2.46. The van der Waals surface area contributed by atoms with E-state index < -0.39 is 17.2 Å². The Hall–Kier alpha value is -1.50. The monoisotopic (exact) mass is 259 g/mol. The summed E-state index contributed by atoms with van der Waals surface area (Å²) in [6, 6.07) is 0. The quantitative estimate of drug-likeness (QED) is 0.582. The third-order valence-electron chi connectivity index (χ3n) is 2.09. The summed E-state index contributed by atoms with van der Waals surface area (Å²) in [6.45, 7) is 1.93. The lowest BCUT2D eigenvalue weighted by Gasteiger charge is -2.08. The smallest absolute Gasteiger partial charge is 0.333 e. The van der Waals surface area contributed by atoms with E-state index >= 15 is 0 Å². The molecule has 1 atom stereocenters. The summed E-state index contributed by atoms with van der Waals surface area (Å²) in [5.41, 5.74) is 0. The molecule has 1 amide bonds. The van der Waals surface area contributed by atoms with E-state index in [0.29, 0.717) is 5.03 Å². The van der Waals surface area contributed by atoms with E-state index in [-0.39, 0.29) is 18.9 Å². The van der Waals surface area contributed by atoms with Gasteiger partial charge in [-0.05, 0) is 6.92 Å². The van der Waals surface area contributed by atoms with E-state index in [9.17, 15) is 14.4 Å². The van der Waals surface area contributed by atoms with Crippen LogP contribution in [0.4, 0.5) is 0 Å². The van der Waals surface area contributed by atoms with Crippen molar-refractivity contribution in [2.45, 2.75) is 18.6 Å². The van der Waals surface area contributed by atoms with Gasteiger partial charge in [0.1, 0.15) is 5.25 Å². The van der Waals surface area contributed by atoms with Crippen molar-refractivity contribution in [3.05, 3.63) is 11.1 Å². The number of hydrogen-bond acceptors (Lipinski definition) is 5. The molecule has 0 spiro atoms. The lowest BCUT2D eigenvalue weighted by molar-refractivity contribution is -0.139. The molecule has 0 radical (unpaired) electrons. The highest BCUT2D eigenvalue weighted by Crippen LogP contribution is 2.35. The molecule has 0 aromatic heterocycles. The number of carbonyl (C=O) groups excluding carboxylic acids is 2. The summed E-state index contributed by atoms with van der Waals surface area (Å²) in [6.07, 6.45) is 0.946. The highest BCUT2D eigenvalue weighted by molar-refractivity contribution is 8.04. The normalized spacial score (nSPS) is 22.0. The van der Waals surface area contributed by atoms with Crippen LogP contribution in [0.3, 0.4) is 0 Å². The summed E-state index contributed by atoms with van der Waals surface area (Å²) < 4.78 is 4.72. The van der Waals surface area contributed by atoms with Gasteiger partial charge in [-0.25, -0.2) is 4.79 Å². The molecular weight excluding hydrogens is 246 g/mol. The molecule has 1 aliphatic heterocycles. The van der Waals surface area contributed by atoms with Gasteiger partial charge in [0, 0.05) is 7.05 Å². The Bertz CT molecular complexity index is 379. The van der Waals surface area contributed by atoms with E-state index in [2.05, 4.69) is 0 Å². The highest BCUT2D eigenvalue weighted by Gasteiger charge is 2.36. The number of aliphatic carboxylic acids is 1. The first-order chi connectivity index (χ1) is 7.95. The van der Waals surface area contributed by atoms with Crippen molar-refractivity contribution in [2.75, 3.05) is 13.7 Å². The van der Waals surface area contributed by atoms with Crippen LogP contribution in [0.5, 0.6) is 0 Å². The predicted octanol–water partition coefficient (Wildman–Crippen LogP) is 0.439. The Morgan fingerprint density at radius 3 is 2.76 bits per heavy atom. The first-order valence-corrected chi connectivity index (χ1v) is 5.88. The highest BCUT2D eigenvalue weighted by atomic mass is 32.2. The maximum atomic E-state index is 11.6. The Balaban J connectivity index is 2.74. The molecule has 0 aromatic carbocycles. The standard InChI is InChI=1S/C10H13NO5S/c1-3-16-9(14)5-7-11(2)10(15)6(17-7)4-8(12)13/h5-6H,3-4H2,1-2H3,(H,12,13)/b7-5-. The molecule has 1 unspecified atom stereocenters. The zero-order chi connectivity index (χ0) is 13.0. The van der Waals surface area contributed by atoms with Crippen molar-refractivity contribution in [3.8, 4) is 0 Å². The molecule has 1 saturated heterocycles. The van der Waals surface area contributed by atoms with Crippen LogP contribution < -0.4 is 0 Å². The number of carboxylic acids is 1. The molecule has 6 nitrogen and oxygen atoms in total. The molecule has 7 heteroatoms. The molecular formula is C10H13NO5S. The van der Waals surface area contributed by atoms with Gasteiger partial charge >= 0.3 is 11.9 Å². The van der Waals surface area contributed by atoms with Crippen LogP contribution in [0.2, 0.25) is 0 Å². The third kappa shape index (κ3) is 3.48. The van der Waals surface area contributed by atoms with Crippen molar-refractivity contribution in [2.24, 2.45) is 0 Å². The molecule has 0 saturated carbocycles. The van der Waals surface area contributed by atoms with Crippen molar-refractivity contribution in [3.63, 3.8) is 0 Å². The second-order valence-electron chi connectivity index (χ2n) is 3.34. The summed E-state index contributed by atoms with van der Waals surface area (Å²) in [5, 5.41) is 8.38. The Kier molecular flexibility index (Phi) is 4.56. The minimum absolute atomic E-state index is 0.253. The summed E-state index contributed by atoms with van der Waals surface area (Å²) in [4.78, 5) is 34.7. The fourth-order valence-electron chi connectivity index (χ4n) is 1.30. The van der Waals surface area contributed by atoms with Gasteiger partial charge in [0.2, 0.25) is 5.91 Å². The maximum absolute atomic E-state index is 11.6. The van der Waals surface area contributed by atoms with Crippen LogP contribution in [0.25, 0.3) is 0 Å². The second kappa shape index (κ2) is 5.72. The molecule has 0 aromatic rings. The number of ether oxygens (including phenoxy) is 1. The third-order valence-corrected chi connectivity index (χ3v) is 3.37. The first-order valence-electron chi connectivity index (χ1n) is 5.00. The molecule has 1 fully saturated rings. The van der Waals surface area contributed by atoms with Gasteiger partial charge in [-0.3, -0.25) is 9.59 Å². The number of carbonyl (C=O) groups is 3. The van der Waals surface area contributed by atoms with Gasteiger partial charge in [-0.15, -0.1) is 0 Å². The van der Waals surface area contributed by atoms with E-state index in [1.807, 2.05) is 0 Å². The molecule has 1 heterocycles. The van der Waals surface area contributed by atoms with Gasteiger partial charge in [0.05, 0.1) is 24.1 Å². The molecule has 1 N–H and O–H groups in total. The number of thioether (sulfide) groups is 1. The Morgan fingerprint density at radius 2 is 2.24 bits per heavy atom. The molecule has 0 aliphatic carbocycles. The predicted molar refractivity (Wildman–Crippen MR) is 61.1 cm³/mol. The van der Waals surface area contributed by atoms with Crippen molar-refractivity contribution >= 4 is 29.6 Å². The molecule has 1 rings (SSSR count). The van der Waals surface area contributed by atoms with Crippen molar-refractivity contribution in [1.29, 1.82) is 0 Å². The topological polar surface area (TPSA) is 83.9 Å². The number of esters is 1. The van der Waals surface area contributed by atoms with Crippen LogP contribution >= 0.6 is 11.8 Å². The van der Waals surface area contributed by atoms with Gasteiger partial charge < -0.3 is 14.7 Å². The Morgan fingerprint density at radius 1 is 1.59 bits per heavy atom. The number of hydrogen-bond donors (Lipinski definition) is 1. The summed E-state index contributed by atoms with van der Waals surface area (Å²) >= 11 is 1.07. The van der Waals surface area contributed by atoms with E-state index in [1.165, 1.54) is 18.0 Å².